The smallest absolute Gasteiger partial charge is 0.270 e. The zero-order chi connectivity index (χ0) is 33.7. The van der Waals surface area contributed by atoms with Gasteiger partial charge in [-0.2, -0.15) is 0 Å². The normalized spacial score (nSPS) is 15.6. The minimum atomic E-state index is -0.213. The number of anilines is 1. The van der Waals surface area contributed by atoms with Gasteiger partial charge in [-0.15, -0.1) is 0 Å². The lowest BCUT2D eigenvalue weighted by molar-refractivity contribution is 0.0363. The average molecular weight is 679 g/mol. The van der Waals surface area contributed by atoms with Crippen LogP contribution in [0.3, 0.4) is 0 Å². The number of carbonyl (C=O) groups is 1. The monoisotopic (exact) mass is 678 g/mol. The summed E-state index contributed by atoms with van der Waals surface area (Å²) in [5, 5.41) is 1.81. The van der Waals surface area contributed by atoms with Gasteiger partial charge < -0.3 is 28.6 Å². The molecule has 0 saturated carbocycles. The van der Waals surface area contributed by atoms with E-state index >= 15 is 4.79 Å². The molecule has 4 aromatic carbocycles. The highest BCUT2D eigenvalue weighted by molar-refractivity contribution is 6.33. The summed E-state index contributed by atoms with van der Waals surface area (Å²) in [6.45, 7) is 7.38. The number of hydrogen-bond acceptors (Lipinski definition) is 6. The summed E-state index contributed by atoms with van der Waals surface area (Å²) in [7, 11) is 3.36. The summed E-state index contributed by atoms with van der Waals surface area (Å²) in [5.74, 6) is 1.42. The molecule has 0 aliphatic carbocycles. The van der Waals surface area contributed by atoms with Crippen molar-refractivity contribution in [3.8, 4) is 11.5 Å². The molecule has 0 spiro atoms. The van der Waals surface area contributed by atoms with E-state index in [4.69, 9.17) is 25.8 Å². The molecule has 0 atom stereocenters. The van der Waals surface area contributed by atoms with E-state index < -0.39 is 0 Å². The molecule has 2 aliphatic rings. The fourth-order valence-corrected chi connectivity index (χ4v) is 7.53. The van der Waals surface area contributed by atoms with Gasteiger partial charge in [0.05, 0.1) is 38.1 Å². The number of benzene rings is 4. The average Bonchev–Trinajstić information content (AvgIpc) is 3.48. The van der Waals surface area contributed by atoms with Crippen LogP contribution in [0.2, 0.25) is 5.02 Å². The third-order valence-corrected chi connectivity index (χ3v) is 10.2. The van der Waals surface area contributed by atoms with Crippen molar-refractivity contribution in [2.75, 3.05) is 78.1 Å². The molecule has 9 heteroatoms. The van der Waals surface area contributed by atoms with E-state index in [0.717, 1.165) is 88.3 Å². The Morgan fingerprint density at radius 1 is 0.735 bits per heavy atom. The predicted molar refractivity (Wildman–Crippen MR) is 196 cm³/mol. The number of ether oxygens (including phenoxy) is 3. The molecule has 2 fully saturated rings. The number of hydrogen-bond donors (Lipinski definition) is 0. The van der Waals surface area contributed by atoms with Gasteiger partial charge in [-0.05, 0) is 53.6 Å². The highest BCUT2D eigenvalue weighted by atomic mass is 35.5. The second-order valence-corrected chi connectivity index (χ2v) is 13.0. The lowest BCUT2D eigenvalue weighted by atomic mass is 9.83. The fraction of sp³-hybridized carbons (Fsp3) is 0.325. The van der Waals surface area contributed by atoms with Gasteiger partial charge in [0.15, 0.2) is 0 Å². The van der Waals surface area contributed by atoms with Gasteiger partial charge in [0, 0.05) is 74.7 Å². The minimum absolute atomic E-state index is 0.0546. The summed E-state index contributed by atoms with van der Waals surface area (Å²) in [4.78, 5) is 21.9. The van der Waals surface area contributed by atoms with Crippen molar-refractivity contribution >= 4 is 34.1 Å². The van der Waals surface area contributed by atoms with Crippen LogP contribution in [0.4, 0.5) is 5.69 Å². The number of piperazine rings is 1. The topological polar surface area (TPSA) is 59.4 Å². The van der Waals surface area contributed by atoms with Crippen molar-refractivity contribution in [2.45, 2.75) is 12.5 Å². The van der Waals surface area contributed by atoms with Crippen molar-refractivity contribution < 1.29 is 19.0 Å². The second kappa shape index (κ2) is 14.9. The van der Waals surface area contributed by atoms with E-state index in [0.29, 0.717) is 32.7 Å². The van der Waals surface area contributed by atoms with Crippen LogP contribution < -0.4 is 14.4 Å². The van der Waals surface area contributed by atoms with Crippen LogP contribution in [0, 0.1) is 0 Å². The SMILES string of the molecule is COc1ccc(C(c2ccc(OC)cc2)c2c(C(=O)N3CCN(c4ccccc4Cl)CC3)n(CCN3CCOCC3)c3ccccc23)cc1. The summed E-state index contributed by atoms with van der Waals surface area (Å²) in [5.41, 5.74) is 6.01. The molecule has 2 aliphatic heterocycles. The number of amides is 1. The summed E-state index contributed by atoms with van der Waals surface area (Å²) >= 11 is 6.57. The molecule has 254 valence electrons. The predicted octanol–water partition coefficient (Wildman–Crippen LogP) is 6.79. The van der Waals surface area contributed by atoms with Crippen LogP contribution in [0.1, 0.15) is 33.1 Å². The van der Waals surface area contributed by atoms with E-state index in [1.165, 1.54) is 0 Å². The second-order valence-electron chi connectivity index (χ2n) is 12.6. The number of fused-ring (bicyclic) bond motifs is 1. The van der Waals surface area contributed by atoms with Crippen LogP contribution in [-0.2, 0) is 11.3 Å². The van der Waals surface area contributed by atoms with Gasteiger partial charge >= 0.3 is 0 Å². The Morgan fingerprint density at radius 2 is 1.33 bits per heavy atom. The van der Waals surface area contributed by atoms with Crippen LogP contribution in [0.25, 0.3) is 10.9 Å². The Hall–Kier alpha value is -4.50. The Bertz CT molecular complexity index is 1830. The Labute approximate surface area is 293 Å². The van der Waals surface area contributed by atoms with Gasteiger partial charge in [0.1, 0.15) is 17.2 Å². The molecular formula is C40H43ClN4O4. The van der Waals surface area contributed by atoms with Gasteiger partial charge in [0.25, 0.3) is 5.91 Å². The van der Waals surface area contributed by atoms with Crippen LogP contribution in [0.15, 0.2) is 97.1 Å². The molecule has 1 amide bonds. The number of halogens is 1. The molecule has 5 aromatic rings. The van der Waals surface area contributed by atoms with E-state index in [1.807, 2.05) is 47.4 Å². The minimum Gasteiger partial charge on any atom is -0.497 e. The lowest BCUT2D eigenvalue weighted by Crippen LogP contribution is -2.49. The van der Waals surface area contributed by atoms with Crippen molar-refractivity contribution in [2.24, 2.45) is 0 Å². The van der Waals surface area contributed by atoms with Gasteiger partial charge in [0.2, 0.25) is 0 Å². The number of nitrogens with zero attached hydrogens (tertiary/aromatic N) is 4. The lowest BCUT2D eigenvalue weighted by Gasteiger charge is -2.37. The largest absolute Gasteiger partial charge is 0.497 e. The number of morpholine rings is 1. The first kappa shape index (κ1) is 33.0. The van der Waals surface area contributed by atoms with Crippen LogP contribution in [-0.4, -0.2) is 93.5 Å². The van der Waals surface area contributed by atoms with Crippen molar-refractivity contribution in [1.29, 1.82) is 0 Å². The molecule has 1 aromatic heterocycles. The molecule has 0 unspecified atom stereocenters. The van der Waals surface area contributed by atoms with Crippen LogP contribution in [0.5, 0.6) is 11.5 Å². The molecule has 0 bridgehead atoms. The maximum atomic E-state index is 15.1. The third kappa shape index (κ3) is 6.86. The van der Waals surface area contributed by atoms with Crippen molar-refractivity contribution in [1.82, 2.24) is 14.4 Å². The molecule has 8 nitrogen and oxygen atoms in total. The van der Waals surface area contributed by atoms with Gasteiger partial charge in [-0.25, -0.2) is 0 Å². The summed E-state index contributed by atoms with van der Waals surface area (Å²) < 4.78 is 19.0. The quantitative estimate of drug-likeness (QED) is 0.162. The third-order valence-electron chi connectivity index (χ3n) is 9.90. The van der Waals surface area contributed by atoms with Gasteiger partial charge in [-0.3, -0.25) is 9.69 Å². The molecule has 2 saturated heterocycles. The summed E-state index contributed by atoms with van der Waals surface area (Å²) in [6, 6.07) is 32.9. The number of para-hydroxylation sites is 2. The molecule has 49 heavy (non-hydrogen) atoms. The zero-order valence-corrected chi connectivity index (χ0v) is 28.9. The van der Waals surface area contributed by atoms with E-state index in [-0.39, 0.29) is 11.8 Å². The summed E-state index contributed by atoms with van der Waals surface area (Å²) in [6.07, 6.45) is 0. The first-order valence-corrected chi connectivity index (χ1v) is 17.4. The number of rotatable bonds is 10. The molecule has 0 N–H and O–H groups in total. The Balaban J connectivity index is 1.35. The van der Waals surface area contributed by atoms with Crippen LogP contribution >= 0.6 is 11.6 Å². The van der Waals surface area contributed by atoms with E-state index in [1.54, 1.807) is 14.2 Å². The molecule has 0 radical (unpaired) electrons. The number of carbonyl (C=O) groups excluding carboxylic acids is 1. The molecule has 7 rings (SSSR count). The molecule has 3 heterocycles. The maximum absolute atomic E-state index is 15.1. The fourth-order valence-electron chi connectivity index (χ4n) is 7.28. The van der Waals surface area contributed by atoms with E-state index in [2.05, 4.69) is 69.0 Å². The first-order chi connectivity index (χ1) is 24.1. The van der Waals surface area contributed by atoms with Crippen molar-refractivity contribution in [3.63, 3.8) is 0 Å². The highest BCUT2D eigenvalue weighted by Gasteiger charge is 2.34. The van der Waals surface area contributed by atoms with Gasteiger partial charge in [-0.1, -0.05) is 66.2 Å². The Morgan fingerprint density at radius 3 is 1.94 bits per heavy atom. The zero-order valence-electron chi connectivity index (χ0n) is 28.2. The first-order valence-electron chi connectivity index (χ1n) is 17.0. The molecular weight excluding hydrogens is 636 g/mol. The highest BCUT2D eigenvalue weighted by Crippen LogP contribution is 2.42. The van der Waals surface area contributed by atoms with Crippen molar-refractivity contribution in [3.05, 3.63) is 124 Å². The number of methoxy groups -OCH3 is 2. The standard InChI is InChI=1S/C40H43ClN4O4/c1-47-31-15-11-29(12-16-31)37(30-13-17-32(48-2)18-14-30)38-33-7-3-5-9-35(33)45(24-19-42-25-27-49-28-26-42)39(38)40(46)44-22-20-43(21-23-44)36-10-6-4-8-34(36)41/h3-18,37H,19-28H2,1-2H3. The Kier molecular flexibility index (Phi) is 10.1. The number of aromatic nitrogens is 1. The maximum Gasteiger partial charge on any atom is 0.270 e. The van der Waals surface area contributed by atoms with E-state index in [9.17, 15) is 0 Å².